The van der Waals surface area contributed by atoms with Crippen LogP contribution in [0.5, 0.6) is 5.75 Å². The molecule has 1 aliphatic heterocycles. The molecular weight excluding hydrogens is 448 g/mol. The molecule has 1 amide bonds. The quantitative estimate of drug-likeness (QED) is 0.493. The average Bonchev–Trinajstić information content (AvgIpc) is 3.53. The molecular formula is C23H26N2O5S2. The topological polar surface area (TPSA) is 80.1 Å². The minimum atomic E-state index is -3.60. The van der Waals surface area contributed by atoms with Crippen LogP contribution in [0.15, 0.2) is 69.5 Å². The summed E-state index contributed by atoms with van der Waals surface area (Å²) >= 11 is 1.61. The number of hydrogen-bond donors (Lipinski definition) is 0. The summed E-state index contributed by atoms with van der Waals surface area (Å²) in [5.41, 5.74) is 0. The second-order valence-electron chi connectivity index (χ2n) is 7.71. The molecule has 0 N–H and O–H groups in total. The first kappa shape index (κ1) is 22.6. The molecule has 9 heteroatoms. The smallest absolute Gasteiger partial charge is 0.243 e. The Kier molecular flexibility index (Phi) is 6.98. The maximum atomic E-state index is 13.4. The number of amides is 1. The van der Waals surface area contributed by atoms with Crippen molar-refractivity contribution >= 4 is 27.3 Å². The van der Waals surface area contributed by atoms with Crippen molar-refractivity contribution in [1.82, 2.24) is 9.21 Å². The first-order chi connectivity index (χ1) is 15.5. The Morgan fingerprint density at radius 2 is 1.88 bits per heavy atom. The number of carbonyl (C=O) groups is 1. The third-order valence-corrected chi connectivity index (χ3v) is 8.44. The Hall–Kier alpha value is -2.62. The summed E-state index contributed by atoms with van der Waals surface area (Å²) in [5.74, 6) is 1.16. The molecule has 1 aromatic carbocycles. The molecule has 0 atom stereocenters. The molecule has 0 spiro atoms. The van der Waals surface area contributed by atoms with Crippen LogP contribution in [0.3, 0.4) is 0 Å². The van der Waals surface area contributed by atoms with Gasteiger partial charge in [0, 0.05) is 23.9 Å². The predicted octanol–water partition coefficient (Wildman–Crippen LogP) is 3.98. The highest BCUT2D eigenvalue weighted by atomic mass is 32.2. The number of thiophene rings is 1. The molecule has 2 aromatic heterocycles. The number of sulfonamides is 1. The fraction of sp³-hybridized carbons (Fsp3) is 0.348. The van der Waals surface area contributed by atoms with Crippen molar-refractivity contribution in [2.75, 3.05) is 20.2 Å². The molecule has 0 unspecified atom stereocenters. The summed E-state index contributed by atoms with van der Waals surface area (Å²) in [6, 6.07) is 14.0. The van der Waals surface area contributed by atoms with Gasteiger partial charge >= 0.3 is 0 Å². The highest BCUT2D eigenvalue weighted by molar-refractivity contribution is 7.89. The van der Waals surface area contributed by atoms with E-state index < -0.39 is 10.0 Å². The van der Waals surface area contributed by atoms with Gasteiger partial charge in [-0.1, -0.05) is 6.07 Å². The lowest BCUT2D eigenvalue weighted by Crippen LogP contribution is -2.44. The number of nitrogens with zero attached hydrogens (tertiary/aromatic N) is 2. The second-order valence-corrected chi connectivity index (χ2v) is 10.7. The van der Waals surface area contributed by atoms with Crippen LogP contribution in [0.2, 0.25) is 0 Å². The Labute approximate surface area is 192 Å². The van der Waals surface area contributed by atoms with E-state index in [1.54, 1.807) is 49.0 Å². The van der Waals surface area contributed by atoms with Crippen LogP contribution in [-0.2, 0) is 27.9 Å². The van der Waals surface area contributed by atoms with Crippen molar-refractivity contribution < 1.29 is 22.4 Å². The van der Waals surface area contributed by atoms with Crippen LogP contribution in [-0.4, -0.2) is 43.7 Å². The molecule has 1 aliphatic rings. The van der Waals surface area contributed by atoms with Crippen molar-refractivity contribution in [1.29, 1.82) is 0 Å². The standard InChI is InChI=1S/C23H26N2O5S2/c1-29-19-6-8-22(9-7-19)32(27,28)25-12-10-18(11-13-25)23(26)24(16-20-4-2-14-30-20)17-21-5-3-15-31-21/h2-9,14-15,18H,10-13,16-17H2,1H3. The molecule has 170 valence electrons. The maximum Gasteiger partial charge on any atom is 0.243 e. The third kappa shape index (κ3) is 5.06. The second kappa shape index (κ2) is 9.89. The number of furan rings is 1. The maximum absolute atomic E-state index is 13.4. The molecule has 0 aliphatic carbocycles. The van der Waals surface area contributed by atoms with E-state index in [-0.39, 0.29) is 16.7 Å². The normalized spacial score (nSPS) is 15.5. The first-order valence-corrected chi connectivity index (χ1v) is 12.8. The van der Waals surface area contributed by atoms with Crippen LogP contribution in [0.25, 0.3) is 0 Å². The van der Waals surface area contributed by atoms with Gasteiger partial charge in [0.15, 0.2) is 0 Å². The van der Waals surface area contributed by atoms with E-state index in [2.05, 4.69) is 0 Å². The Balaban J connectivity index is 1.42. The number of methoxy groups -OCH3 is 1. The Bertz CT molecular complexity index is 1070. The molecule has 0 radical (unpaired) electrons. The van der Waals surface area contributed by atoms with E-state index in [1.807, 2.05) is 34.5 Å². The van der Waals surface area contributed by atoms with Gasteiger partial charge in [-0.15, -0.1) is 11.3 Å². The molecule has 1 saturated heterocycles. The Morgan fingerprint density at radius 3 is 2.47 bits per heavy atom. The summed E-state index contributed by atoms with van der Waals surface area (Å²) in [7, 11) is -2.06. The zero-order chi connectivity index (χ0) is 22.6. The van der Waals surface area contributed by atoms with Gasteiger partial charge in [-0.05, 0) is 60.7 Å². The average molecular weight is 475 g/mol. The van der Waals surface area contributed by atoms with Crippen molar-refractivity contribution in [3.8, 4) is 5.75 Å². The van der Waals surface area contributed by atoms with Crippen LogP contribution in [0, 0.1) is 5.92 Å². The number of benzene rings is 1. The van der Waals surface area contributed by atoms with Gasteiger partial charge in [0.05, 0.1) is 31.4 Å². The van der Waals surface area contributed by atoms with E-state index in [0.29, 0.717) is 44.8 Å². The summed E-state index contributed by atoms with van der Waals surface area (Å²) in [6.07, 6.45) is 2.59. The van der Waals surface area contributed by atoms with Crippen LogP contribution >= 0.6 is 11.3 Å². The fourth-order valence-corrected chi connectivity index (χ4v) is 6.08. The van der Waals surface area contributed by atoms with E-state index in [9.17, 15) is 13.2 Å². The highest BCUT2D eigenvalue weighted by Crippen LogP contribution is 2.27. The number of ether oxygens (including phenoxy) is 1. The van der Waals surface area contributed by atoms with Gasteiger partial charge in [0.1, 0.15) is 11.5 Å². The van der Waals surface area contributed by atoms with E-state index in [0.717, 1.165) is 10.6 Å². The molecule has 0 bridgehead atoms. The molecule has 7 nitrogen and oxygen atoms in total. The number of rotatable bonds is 8. The lowest BCUT2D eigenvalue weighted by molar-refractivity contribution is -0.138. The highest BCUT2D eigenvalue weighted by Gasteiger charge is 2.34. The lowest BCUT2D eigenvalue weighted by atomic mass is 9.96. The van der Waals surface area contributed by atoms with Gasteiger partial charge in [-0.3, -0.25) is 4.79 Å². The van der Waals surface area contributed by atoms with Gasteiger partial charge in [-0.2, -0.15) is 4.31 Å². The molecule has 3 heterocycles. The zero-order valence-corrected chi connectivity index (χ0v) is 19.5. The summed E-state index contributed by atoms with van der Waals surface area (Å²) in [4.78, 5) is 16.5. The molecule has 4 rings (SSSR count). The Morgan fingerprint density at radius 1 is 1.12 bits per heavy atom. The molecule has 0 saturated carbocycles. The fourth-order valence-electron chi connectivity index (χ4n) is 3.89. The van der Waals surface area contributed by atoms with Crippen molar-refractivity contribution in [2.45, 2.75) is 30.8 Å². The van der Waals surface area contributed by atoms with Gasteiger partial charge in [-0.25, -0.2) is 8.42 Å². The predicted molar refractivity (Wildman–Crippen MR) is 122 cm³/mol. The van der Waals surface area contributed by atoms with E-state index in [1.165, 1.54) is 4.31 Å². The van der Waals surface area contributed by atoms with Crippen LogP contribution in [0.1, 0.15) is 23.5 Å². The largest absolute Gasteiger partial charge is 0.497 e. The van der Waals surface area contributed by atoms with Gasteiger partial charge < -0.3 is 14.1 Å². The third-order valence-electron chi connectivity index (χ3n) is 5.67. The van der Waals surface area contributed by atoms with Crippen molar-refractivity contribution in [3.63, 3.8) is 0 Å². The SMILES string of the molecule is COc1ccc(S(=O)(=O)N2CCC(C(=O)N(Cc3ccco3)Cc3cccs3)CC2)cc1. The first-order valence-electron chi connectivity index (χ1n) is 10.4. The van der Waals surface area contributed by atoms with Crippen LogP contribution in [0.4, 0.5) is 0 Å². The minimum Gasteiger partial charge on any atom is -0.497 e. The number of carbonyl (C=O) groups excluding carboxylic acids is 1. The van der Waals surface area contributed by atoms with Crippen molar-refractivity contribution in [2.24, 2.45) is 5.92 Å². The number of hydrogen-bond acceptors (Lipinski definition) is 6. The van der Waals surface area contributed by atoms with Gasteiger partial charge in [0.25, 0.3) is 0 Å². The van der Waals surface area contributed by atoms with Crippen LogP contribution < -0.4 is 4.74 Å². The molecule has 32 heavy (non-hydrogen) atoms. The summed E-state index contributed by atoms with van der Waals surface area (Å²) in [5, 5.41) is 1.99. The van der Waals surface area contributed by atoms with E-state index >= 15 is 0 Å². The lowest BCUT2D eigenvalue weighted by Gasteiger charge is -2.33. The molecule has 3 aromatic rings. The summed E-state index contributed by atoms with van der Waals surface area (Å²) in [6.45, 7) is 1.55. The molecule has 1 fully saturated rings. The summed E-state index contributed by atoms with van der Waals surface area (Å²) < 4.78 is 38.0. The van der Waals surface area contributed by atoms with Gasteiger partial charge in [0.2, 0.25) is 15.9 Å². The zero-order valence-electron chi connectivity index (χ0n) is 17.8. The minimum absolute atomic E-state index is 0.0382. The number of piperidine rings is 1. The van der Waals surface area contributed by atoms with Crippen molar-refractivity contribution in [3.05, 3.63) is 70.8 Å². The van der Waals surface area contributed by atoms with E-state index in [4.69, 9.17) is 9.15 Å². The monoisotopic (exact) mass is 474 g/mol.